The number of carbonyl (C=O) groups excluding carboxylic acids is 3. The van der Waals surface area contributed by atoms with E-state index in [0.29, 0.717) is 0 Å². The van der Waals surface area contributed by atoms with E-state index >= 15 is 0 Å². The predicted octanol–water partition coefficient (Wildman–Crippen LogP) is 1.08. The van der Waals surface area contributed by atoms with Crippen molar-refractivity contribution in [2.24, 2.45) is 23.5 Å². The second kappa shape index (κ2) is 30.3. The number of cyclic esters (lactones) is 1. The summed E-state index contributed by atoms with van der Waals surface area (Å²) < 4.78 is 33.8. The maximum atomic E-state index is 13.7. The molecule has 71 heavy (non-hydrogen) atoms. The fourth-order valence-corrected chi connectivity index (χ4v) is 8.45. The summed E-state index contributed by atoms with van der Waals surface area (Å²) in [5.41, 5.74) is 6.08. The van der Waals surface area contributed by atoms with E-state index in [0.717, 1.165) is 6.92 Å². The third-order valence-electron chi connectivity index (χ3n) is 12.6. The average molecular weight is 1010 g/mol. The van der Waals surface area contributed by atoms with Crippen LogP contribution in [-0.2, 0) is 42.8 Å². The highest BCUT2D eigenvalue weighted by Crippen LogP contribution is 2.39. The Hall–Kier alpha value is -3.97. The lowest BCUT2D eigenvalue weighted by atomic mass is 9.82. The van der Waals surface area contributed by atoms with Crippen LogP contribution >= 0.6 is 0 Å². The van der Waals surface area contributed by atoms with Gasteiger partial charge in [0.2, 0.25) is 6.29 Å². The van der Waals surface area contributed by atoms with Crippen LogP contribution in [0.5, 0.6) is 0 Å². The fraction of sp³-hybridized carbons (Fsp3) is 0.667. The number of allylic oxidation sites excluding steroid dienone is 12. The van der Waals surface area contributed by atoms with Gasteiger partial charge >= 0.3 is 17.9 Å². The first-order chi connectivity index (χ1) is 33.4. The van der Waals surface area contributed by atoms with Crippen LogP contribution in [0.25, 0.3) is 0 Å². The summed E-state index contributed by atoms with van der Waals surface area (Å²) in [6, 6.07) is -1.18. The standard InChI is InChI=1S/C51H79NO19/c1-29-19-17-15-13-11-9-7-8-10-12-14-16-18-20-38(70-50-48(63)45(52)47(62)32(4)67-50)26-42-44(49(64)69-34(6)68-33(5)53)41(59)28-51(65,71-42)27-37(56)24-40(58)39(57)22-21-35(54)23-36(55)25-43(60)66-31(3)30(2)46(29)61/h7-20,29-32,34-42,44-48,50,54-59,61-63,65H,21-28,52H2,1-6H3/b8-7+,11-9+,12-10+,15-13+,16-14+,19-17+,20-18+/t29?,30?,31?,32?,34?,35-,36-,37+,38+,39-,40-,41?,42+,44-,45?,46-,47?,48?,50?,51-/m1/s1. The molecule has 402 valence electrons. The molecule has 3 aliphatic heterocycles. The van der Waals surface area contributed by atoms with Crippen molar-refractivity contribution in [3.05, 3.63) is 85.1 Å². The molecule has 0 spiro atoms. The SMILES string of the molecule is CC(=O)OC(C)OC(=O)[C@@H]1C(O)C[C@@]2(O)C[C@@H](O)C[C@@H](O)[C@H](O)CC[C@@H](O)C[C@@H](O)CC(=O)OC(C)C(C)[C@H](O)C(C)/C=C/C=C/C=C/C=C/C=C/C=C/C=C/[C@H](OC3OC(C)C(O)C(N)C3O)C[C@@H]1O2. The summed E-state index contributed by atoms with van der Waals surface area (Å²) in [6.45, 7) is 9.10. The van der Waals surface area contributed by atoms with Gasteiger partial charge in [-0.3, -0.25) is 14.4 Å². The molecule has 0 aromatic rings. The first kappa shape index (κ1) is 61.3. The first-order valence-electron chi connectivity index (χ1n) is 24.3. The molecule has 0 aliphatic carbocycles. The van der Waals surface area contributed by atoms with Gasteiger partial charge in [-0.25, -0.2) is 0 Å². The Morgan fingerprint density at radius 3 is 1.85 bits per heavy atom. The van der Waals surface area contributed by atoms with Gasteiger partial charge in [-0.05, 0) is 33.1 Å². The zero-order valence-corrected chi connectivity index (χ0v) is 41.4. The normalized spacial score (nSPS) is 43.0. The summed E-state index contributed by atoms with van der Waals surface area (Å²) in [4.78, 5) is 38.0. The third-order valence-corrected chi connectivity index (χ3v) is 12.6. The van der Waals surface area contributed by atoms with Crippen LogP contribution in [0.2, 0.25) is 0 Å². The molecule has 20 atom stereocenters. The van der Waals surface area contributed by atoms with E-state index in [1.165, 1.54) is 19.9 Å². The van der Waals surface area contributed by atoms with Gasteiger partial charge < -0.3 is 85.2 Å². The molecule has 3 heterocycles. The molecule has 0 saturated carbocycles. The molecule has 0 radical (unpaired) electrons. The maximum Gasteiger partial charge on any atom is 0.317 e. The zero-order valence-electron chi connectivity index (χ0n) is 41.4. The van der Waals surface area contributed by atoms with Crippen LogP contribution < -0.4 is 5.73 Å². The number of carbonyl (C=O) groups is 3. The van der Waals surface area contributed by atoms with E-state index in [1.807, 2.05) is 13.0 Å². The van der Waals surface area contributed by atoms with E-state index in [1.54, 1.807) is 86.8 Å². The van der Waals surface area contributed by atoms with Gasteiger partial charge in [-0.1, -0.05) is 98.9 Å². The quantitative estimate of drug-likeness (QED) is 0.136. The minimum Gasteiger partial charge on any atom is -0.462 e. The number of nitrogens with two attached hydrogens (primary N) is 1. The van der Waals surface area contributed by atoms with Gasteiger partial charge in [0.1, 0.15) is 18.1 Å². The molecule has 3 aliphatic rings. The van der Waals surface area contributed by atoms with Crippen LogP contribution in [0.15, 0.2) is 85.1 Å². The molecule has 2 bridgehead atoms. The van der Waals surface area contributed by atoms with E-state index in [-0.39, 0.29) is 31.6 Å². The monoisotopic (exact) mass is 1010 g/mol. The largest absolute Gasteiger partial charge is 0.462 e. The van der Waals surface area contributed by atoms with Crippen LogP contribution in [0.1, 0.15) is 92.9 Å². The number of esters is 3. The van der Waals surface area contributed by atoms with E-state index in [4.69, 9.17) is 34.2 Å². The van der Waals surface area contributed by atoms with Crippen LogP contribution in [0.4, 0.5) is 0 Å². The lowest BCUT2D eigenvalue weighted by molar-refractivity contribution is -0.310. The Morgan fingerprint density at radius 1 is 0.676 bits per heavy atom. The number of hydrogen-bond acceptors (Lipinski definition) is 20. The molecule has 12 N–H and O–H groups in total. The number of rotatable bonds is 5. The number of fused-ring (bicyclic) bond motifs is 2. The van der Waals surface area contributed by atoms with Gasteiger partial charge in [-0.2, -0.15) is 0 Å². The second-order valence-electron chi connectivity index (χ2n) is 18.8. The Morgan fingerprint density at radius 2 is 1.25 bits per heavy atom. The summed E-state index contributed by atoms with van der Waals surface area (Å²) in [5, 5.41) is 110. The summed E-state index contributed by atoms with van der Waals surface area (Å²) >= 11 is 0. The number of hydrogen-bond donors (Lipinski definition) is 11. The molecule has 0 amide bonds. The van der Waals surface area contributed by atoms with Gasteiger partial charge in [0.25, 0.3) is 0 Å². The Labute approximate surface area is 416 Å². The van der Waals surface area contributed by atoms with Crippen molar-refractivity contribution in [1.29, 1.82) is 0 Å². The lowest BCUT2D eigenvalue weighted by Gasteiger charge is -2.45. The summed E-state index contributed by atoms with van der Waals surface area (Å²) in [6.07, 6.45) is 1.50. The molecule has 0 aromatic carbocycles. The molecular weight excluding hydrogens is 931 g/mol. The fourth-order valence-electron chi connectivity index (χ4n) is 8.45. The second-order valence-corrected chi connectivity index (χ2v) is 18.8. The molecule has 20 heteroatoms. The Bertz CT molecular complexity index is 1850. The highest BCUT2D eigenvalue weighted by atomic mass is 16.7. The van der Waals surface area contributed by atoms with Crippen molar-refractivity contribution in [3.63, 3.8) is 0 Å². The first-order valence-corrected chi connectivity index (χ1v) is 24.3. The molecule has 2 saturated heterocycles. The predicted molar refractivity (Wildman–Crippen MR) is 257 cm³/mol. The van der Waals surface area contributed by atoms with Crippen LogP contribution in [0, 0.1) is 17.8 Å². The minimum absolute atomic E-state index is 0.124. The van der Waals surface area contributed by atoms with Crippen molar-refractivity contribution in [1.82, 2.24) is 0 Å². The van der Waals surface area contributed by atoms with E-state index in [9.17, 15) is 65.4 Å². The Kier molecular flexibility index (Phi) is 26.2. The highest BCUT2D eigenvalue weighted by Gasteiger charge is 2.52. The topological polar surface area (TPSA) is 335 Å². The third kappa shape index (κ3) is 21.2. The van der Waals surface area contributed by atoms with E-state index < -0.39 is 159 Å². The molecule has 10 unspecified atom stereocenters. The lowest BCUT2D eigenvalue weighted by Crippen LogP contribution is -2.61. The maximum absolute atomic E-state index is 13.7. The van der Waals surface area contributed by atoms with Crippen molar-refractivity contribution >= 4 is 17.9 Å². The Balaban J connectivity index is 1.95. The van der Waals surface area contributed by atoms with Crippen molar-refractivity contribution in [2.45, 2.75) is 197 Å². The molecule has 3 rings (SSSR count). The molecule has 0 aromatic heterocycles. The van der Waals surface area contributed by atoms with Gasteiger partial charge in [-0.15, -0.1) is 0 Å². The summed E-state index contributed by atoms with van der Waals surface area (Å²) in [5.74, 6) is -7.27. The van der Waals surface area contributed by atoms with Gasteiger partial charge in [0.15, 0.2) is 12.1 Å². The smallest absolute Gasteiger partial charge is 0.317 e. The van der Waals surface area contributed by atoms with Crippen molar-refractivity contribution in [2.75, 3.05) is 0 Å². The van der Waals surface area contributed by atoms with Gasteiger partial charge in [0, 0.05) is 51.4 Å². The minimum atomic E-state index is -2.37. The van der Waals surface area contributed by atoms with Crippen LogP contribution in [0.3, 0.4) is 0 Å². The number of aliphatic hydroxyl groups excluding tert-OH is 9. The number of aliphatic hydroxyl groups is 10. The summed E-state index contributed by atoms with van der Waals surface area (Å²) in [7, 11) is 0. The van der Waals surface area contributed by atoms with Crippen molar-refractivity contribution in [3.8, 4) is 0 Å². The van der Waals surface area contributed by atoms with E-state index in [2.05, 4.69) is 0 Å². The van der Waals surface area contributed by atoms with Crippen molar-refractivity contribution < 1.29 is 93.9 Å². The van der Waals surface area contributed by atoms with Crippen LogP contribution in [-0.4, -0.2) is 173 Å². The zero-order chi connectivity index (χ0) is 53.0. The van der Waals surface area contributed by atoms with Gasteiger partial charge in [0.05, 0.1) is 79.6 Å². The molecule has 2 fully saturated rings. The average Bonchev–Trinajstić information content (AvgIpc) is 3.27. The molecule has 20 nitrogen and oxygen atoms in total. The highest BCUT2D eigenvalue weighted by molar-refractivity contribution is 5.74. The number of ether oxygens (including phenoxy) is 6. The molecular formula is C51H79NO19.